The van der Waals surface area contributed by atoms with Crippen molar-refractivity contribution in [2.45, 2.75) is 19.4 Å². The summed E-state index contributed by atoms with van der Waals surface area (Å²) < 4.78 is 19.3. The number of hydrogen-bond acceptors (Lipinski definition) is 3. The highest BCUT2D eigenvalue weighted by atomic mass is 19.1. The molecule has 1 fully saturated rings. The maximum atomic E-state index is 13.8. The number of nitrogens with zero attached hydrogens (tertiary/aromatic N) is 1. The van der Waals surface area contributed by atoms with E-state index in [0.29, 0.717) is 25.4 Å². The fraction of sp³-hybridized carbons (Fsp3) is 0.462. The first-order valence-electron chi connectivity index (χ1n) is 5.92. The minimum Gasteiger partial charge on any atom is -0.384 e. The first-order chi connectivity index (χ1) is 8.43. The number of anilines is 1. The summed E-state index contributed by atoms with van der Waals surface area (Å²) >= 11 is 0. The lowest BCUT2D eigenvalue weighted by Gasteiger charge is -2.44. The van der Waals surface area contributed by atoms with Crippen LogP contribution in [0.25, 0.3) is 0 Å². The van der Waals surface area contributed by atoms with Crippen LogP contribution in [0.2, 0.25) is 0 Å². The normalized spacial score (nSPS) is 18.7. The molecular weight excluding hydrogens is 233 g/mol. The van der Waals surface area contributed by atoms with E-state index < -0.39 is 5.82 Å². The molecule has 98 valence electrons. The predicted molar refractivity (Wildman–Crippen MR) is 69.7 cm³/mol. The Morgan fingerprint density at radius 3 is 2.83 bits per heavy atom. The largest absolute Gasteiger partial charge is 0.384 e. The van der Waals surface area contributed by atoms with Gasteiger partial charge in [-0.1, -0.05) is 6.07 Å². The van der Waals surface area contributed by atoms with Gasteiger partial charge in [-0.3, -0.25) is 5.41 Å². The highest BCUT2D eigenvalue weighted by molar-refractivity contribution is 6.00. The molecule has 0 saturated carbocycles. The first-order valence-corrected chi connectivity index (χ1v) is 5.92. The van der Waals surface area contributed by atoms with Crippen molar-refractivity contribution in [3.05, 3.63) is 29.6 Å². The van der Waals surface area contributed by atoms with E-state index in [1.807, 2.05) is 13.8 Å². The lowest BCUT2D eigenvalue weighted by atomic mass is 9.99. The third-order valence-corrected chi connectivity index (χ3v) is 3.20. The molecule has 1 heterocycles. The second kappa shape index (κ2) is 4.57. The molecule has 2 rings (SSSR count). The van der Waals surface area contributed by atoms with Gasteiger partial charge in [0.15, 0.2) is 0 Å². The molecular formula is C13H18FN3O. The van der Waals surface area contributed by atoms with Crippen LogP contribution in [0.3, 0.4) is 0 Å². The van der Waals surface area contributed by atoms with Crippen molar-refractivity contribution in [3.8, 4) is 0 Å². The maximum Gasteiger partial charge on any atom is 0.136 e. The highest BCUT2D eigenvalue weighted by Crippen LogP contribution is 2.30. The van der Waals surface area contributed by atoms with Crippen molar-refractivity contribution in [2.24, 2.45) is 5.73 Å². The average molecular weight is 251 g/mol. The summed E-state index contributed by atoms with van der Waals surface area (Å²) in [4.78, 5) is 2.05. The lowest BCUT2D eigenvalue weighted by Crippen LogP contribution is -2.53. The number of rotatable bonds is 2. The zero-order chi connectivity index (χ0) is 13.3. The zero-order valence-corrected chi connectivity index (χ0v) is 10.7. The van der Waals surface area contributed by atoms with E-state index in [4.69, 9.17) is 15.9 Å². The maximum absolute atomic E-state index is 13.8. The van der Waals surface area contributed by atoms with Crippen molar-refractivity contribution >= 4 is 11.5 Å². The summed E-state index contributed by atoms with van der Waals surface area (Å²) in [5.41, 5.74) is 6.09. The molecule has 4 nitrogen and oxygen atoms in total. The van der Waals surface area contributed by atoms with Crippen LogP contribution in [0.5, 0.6) is 0 Å². The number of nitrogens with one attached hydrogen (secondary N) is 1. The van der Waals surface area contributed by atoms with E-state index in [9.17, 15) is 4.39 Å². The molecule has 5 heteroatoms. The topological polar surface area (TPSA) is 62.3 Å². The summed E-state index contributed by atoms with van der Waals surface area (Å²) in [5.74, 6) is -0.701. The molecule has 1 aromatic rings. The van der Waals surface area contributed by atoms with Gasteiger partial charge in [0.2, 0.25) is 0 Å². The highest BCUT2D eigenvalue weighted by Gasteiger charge is 2.32. The van der Waals surface area contributed by atoms with Crippen molar-refractivity contribution in [3.63, 3.8) is 0 Å². The third-order valence-electron chi connectivity index (χ3n) is 3.20. The molecule has 0 aliphatic carbocycles. The molecule has 0 spiro atoms. The Kier molecular flexibility index (Phi) is 3.26. The average Bonchev–Trinajstić information content (AvgIpc) is 2.27. The van der Waals surface area contributed by atoms with Crippen LogP contribution < -0.4 is 10.6 Å². The summed E-state index contributed by atoms with van der Waals surface area (Å²) in [7, 11) is 0. The fourth-order valence-electron chi connectivity index (χ4n) is 2.31. The van der Waals surface area contributed by atoms with Gasteiger partial charge in [-0.2, -0.15) is 0 Å². The van der Waals surface area contributed by atoms with Gasteiger partial charge in [0.1, 0.15) is 11.7 Å². The Bertz CT molecular complexity index is 473. The minimum atomic E-state index is -0.456. The molecule has 0 aromatic heterocycles. The number of halogens is 1. The third kappa shape index (κ3) is 2.18. The Hall–Kier alpha value is -1.62. The van der Waals surface area contributed by atoms with Crippen molar-refractivity contribution < 1.29 is 9.13 Å². The van der Waals surface area contributed by atoms with Gasteiger partial charge in [-0.05, 0) is 26.0 Å². The van der Waals surface area contributed by atoms with Gasteiger partial charge in [0, 0.05) is 6.54 Å². The standard InChI is InChI=1S/C13H18FN3O/c1-13(2)8-18-7-6-17(13)10-5-3-4-9(14)11(10)12(15)16/h3-5H,6-8H2,1-2H3,(H3,15,16). The van der Waals surface area contributed by atoms with Crippen LogP contribution in [0.15, 0.2) is 18.2 Å². The van der Waals surface area contributed by atoms with Gasteiger partial charge in [-0.25, -0.2) is 4.39 Å². The number of benzene rings is 1. The summed E-state index contributed by atoms with van der Waals surface area (Å²) in [6, 6.07) is 4.77. The Morgan fingerprint density at radius 1 is 1.50 bits per heavy atom. The molecule has 1 aromatic carbocycles. The second-order valence-electron chi connectivity index (χ2n) is 5.06. The van der Waals surface area contributed by atoms with E-state index >= 15 is 0 Å². The lowest BCUT2D eigenvalue weighted by molar-refractivity contribution is 0.0643. The Morgan fingerprint density at radius 2 is 2.22 bits per heavy atom. The monoisotopic (exact) mass is 251 g/mol. The number of ether oxygens (including phenoxy) is 1. The van der Waals surface area contributed by atoms with Crippen molar-refractivity contribution in [1.82, 2.24) is 0 Å². The van der Waals surface area contributed by atoms with Gasteiger partial charge in [0.25, 0.3) is 0 Å². The number of nitrogens with two attached hydrogens (primary N) is 1. The van der Waals surface area contributed by atoms with E-state index in [-0.39, 0.29) is 16.9 Å². The molecule has 1 aliphatic rings. The van der Waals surface area contributed by atoms with Crippen LogP contribution in [-0.2, 0) is 4.74 Å². The molecule has 18 heavy (non-hydrogen) atoms. The van der Waals surface area contributed by atoms with Crippen LogP contribution in [0.4, 0.5) is 10.1 Å². The van der Waals surface area contributed by atoms with Crippen LogP contribution in [-0.4, -0.2) is 31.1 Å². The Labute approximate surface area is 106 Å². The summed E-state index contributed by atoms with van der Waals surface area (Å²) in [6.07, 6.45) is 0. The SMILES string of the molecule is CC1(C)COCCN1c1cccc(F)c1C(=N)N. The molecule has 0 radical (unpaired) electrons. The molecule has 0 bridgehead atoms. The van der Waals surface area contributed by atoms with Crippen LogP contribution in [0, 0.1) is 11.2 Å². The van der Waals surface area contributed by atoms with E-state index in [2.05, 4.69) is 4.90 Å². The summed E-state index contributed by atoms with van der Waals surface area (Å²) in [5, 5.41) is 7.54. The summed E-state index contributed by atoms with van der Waals surface area (Å²) in [6.45, 7) is 5.89. The Balaban J connectivity index is 2.50. The van der Waals surface area contributed by atoms with Crippen molar-refractivity contribution in [1.29, 1.82) is 5.41 Å². The smallest absolute Gasteiger partial charge is 0.136 e. The quantitative estimate of drug-likeness (QED) is 0.621. The van der Waals surface area contributed by atoms with Gasteiger partial charge in [0.05, 0.1) is 30.0 Å². The van der Waals surface area contributed by atoms with Crippen molar-refractivity contribution in [2.75, 3.05) is 24.7 Å². The molecule has 0 atom stereocenters. The first kappa shape index (κ1) is 12.8. The van der Waals surface area contributed by atoms with E-state index in [0.717, 1.165) is 0 Å². The van der Waals surface area contributed by atoms with Gasteiger partial charge < -0.3 is 15.4 Å². The number of amidine groups is 1. The molecule has 0 unspecified atom stereocenters. The minimum absolute atomic E-state index is 0.174. The number of morpholine rings is 1. The van der Waals surface area contributed by atoms with Crippen LogP contribution >= 0.6 is 0 Å². The molecule has 3 N–H and O–H groups in total. The predicted octanol–water partition coefficient (Wildman–Crippen LogP) is 1.72. The fourth-order valence-corrected chi connectivity index (χ4v) is 2.31. The number of hydrogen-bond donors (Lipinski definition) is 2. The van der Waals surface area contributed by atoms with Gasteiger partial charge in [-0.15, -0.1) is 0 Å². The second-order valence-corrected chi connectivity index (χ2v) is 5.06. The molecule has 0 amide bonds. The molecule has 1 saturated heterocycles. The molecule has 1 aliphatic heterocycles. The van der Waals surface area contributed by atoms with E-state index in [1.165, 1.54) is 6.07 Å². The number of nitrogen functional groups attached to an aromatic ring is 1. The van der Waals surface area contributed by atoms with E-state index in [1.54, 1.807) is 12.1 Å². The van der Waals surface area contributed by atoms with Gasteiger partial charge >= 0.3 is 0 Å². The zero-order valence-electron chi connectivity index (χ0n) is 10.7. The van der Waals surface area contributed by atoms with Crippen LogP contribution in [0.1, 0.15) is 19.4 Å².